The van der Waals surface area contributed by atoms with Crippen molar-refractivity contribution in [1.29, 1.82) is 0 Å². The lowest BCUT2D eigenvalue weighted by molar-refractivity contribution is -0.113. The molecule has 33 heavy (non-hydrogen) atoms. The first-order chi connectivity index (χ1) is 15.9. The number of hydrogen-bond acceptors (Lipinski definition) is 6. The van der Waals surface area contributed by atoms with Crippen molar-refractivity contribution in [1.82, 2.24) is 14.7 Å². The maximum absolute atomic E-state index is 12.5. The summed E-state index contributed by atoms with van der Waals surface area (Å²) in [5.41, 5.74) is 3.54. The monoisotopic (exact) mass is 470 g/mol. The number of halogens is 2. The first-order valence-corrected chi connectivity index (χ1v) is 10.9. The van der Waals surface area contributed by atoms with Gasteiger partial charge in [0.2, 0.25) is 5.91 Å². The van der Waals surface area contributed by atoms with E-state index in [0.29, 0.717) is 22.4 Å². The van der Waals surface area contributed by atoms with Gasteiger partial charge in [-0.3, -0.25) is 9.36 Å². The number of amides is 1. The number of thioether (sulfide) groups is 1. The van der Waals surface area contributed by atoms with Gasteiger partial charge in [-0.1, -0.05) is 46.7 Å². The van der Waals surface area contributed by atoms with E-state index in [0.717, 1.165) is 16.8 Å². The highest BCUT2D eigenvalue weighted by atomic mass is 32.2. The number of benzene rings is 2. The molecule has 0 aliphatic heterocycles. The van der Waals surface area contributed by atoms with Gasteiger partial charge < -0.3 is 14.6 Å². The molecule has 0 bridgehead atoms. The summed E-state index contributed by atoms with van der Waals surface area (Å²) in [5.74, 6) is 0.817. The second-order valence-electron chi connectivity index (χ2n) is 7.16. The Labute approximate surface area is 192 Å². The van der Waals surface area contributed by atoms with E-state index in [-0.39, 0.29) is 17.4 Å². The minimum Gasteiger partial charge on any atom is -0.435 e. The third kappa shape index (κ3) is 5.58. The van der Waals surface area contributed by atoms with E-state index in [4.69, 9.17) is 4.52 Å². The number of aromatic nitrogens is 3. The number of nitrogens with zero attached hydrogens (tertiary/aromatic N) is 3. The zero-order chi connectivity index (χ0) is 23.4. The molecular weight excluding hydrogens is 450 g/mol. The molecule has 0 saturated carbocycles. The largest absolute Gasteiger partial charge is 0.435 e. The summed E-state index contributed by atoms with van der Waals surface area (Å²) in [6, 6.07) is 15.8. The molecule has 1 amide bonds. The summed E-state index contributed by atoms with van der Waals surface area (Å²) in [7, 11) is 0. The Hall–Kier alpha value is -3.66. The van der Waals surface area contributed by atoms with Crippen LogP contribution in [0.4, 0.5) is 14.6 Å². The average molecular weight is 471 g/mol. The van der Waals surface area contributed by atoms with E-state index in [2.05, 4.69) is 20.2 Å². The molecule has 0 aliphatic carbocycles. The normalized spacial score (nSPS) is 11.1. The van der Waals surface area contributed by atoms with Gasteiger partial charge in [0.1, 0.15) is 11.5 Å². The van der Waals surface area contributed by atoms with Gasteiger partial charge in [-0.15, -0.1) is 0 Å². The number of alkyl halides is 2. The molecule has 0 radical (unpaired) electrons. The maximum atomic E-state index is 12.5. The molecule has 2 aromatic heterocycles. The molecule has 0 fully saturated rings. The van der Waals surface area contributed by atoms with Crippen molar-refractivity contribution in [2.45, 2.75) is 25.6 Å². The number of hydrogen-bond donors (Lipinski definition) is 1. The molecule has 0 unspecified atom stereocenters. The van der Waals surface area contributed by atoms with Crippen LogP contribution in [0.5, 0.6) is 5.75 Å². The van der Waals surface area contributed by atoms with Crippen LogP contribution in [0.1, 0.15) is 11.3 Å². The van der Waals surface area contributed by atoms with Gasteiger partial charge in [-0.25, -0.2) is 4.98 Å². The molecule has 0 spiro atoms. The van der Waals surface area contributed by atoms with Crippen LogP contribution in [-0.2, 0) is 4.79 Å². The second-order valence-corrected chi connectivity index (χ2v) is 8.10. The van der Waals surface area contributed by atoms with Gasteiger partial charge in [0.05, 0.1) is 17.6 Å². The van der Waals surface area contributed by atoms with Crippen LogP contribution in [0, 0.1) is 13.8 Å². The minimum atomic E-state index is -2.90. The van der Waals surface area contributed by atoms with Crippen molar-refractivity contribution < 1.29 is 22.8 Å². The van der Waals surface area contributed by atoms with Crippen molar-refractivity contribution in [2.75, 3.05) is 11.1 Å². The molecule has 2 aromatic carbocycles. The number of ether oxygens (including phenoxy) is 1. The molecular formula is C23H20F2N4O3S. The number of anilines is 1. The molecule has 0 atom stereocenters. The Balaban J connectivity index is 1.61. The van der Waals surface area contributed by atoms with E-state index < -0.39 is 6.61 Å². The minimum absolute atomic E-state index is 0.0576. The fourth-order valence-corrected chi connectivity index (χ4v) is 3.92. The van der Waals surface area contributed by atoms with Crippen molar-refractivity contribution in [3.8, 4) is 22.7 Å². The Morgan fingerprint density at radius 3 is 2.52 bits per heavy atom. The van der Waals surface area contributed by atoms with Gasteiger partial charge in [0.25, 0.3) is 0 Å². The SMILES string of the molecule is Cc1ccc(-c2cnc(SCC(=O)Nc3cc(C)on3)n2-c2ccc(OC(F)F)cc2)cc1. The van der Waals surface area contributed by atoms with Crippen LogP contribution in [-0.4, -0.2) is 33.0 Å². The predicted molar refractivity (Wildman–Crippen MR) is 121 cm³/mol. The number of imidazole rings is 1. The molecule has 0 aliphatic rings. The van der Waals surface area contributed by atoms with Gasteiger partial charge >= 0.3 is 6.61 Å². The van der Waals surface area contributed by atoms with Gasteiger partial charge in [0, 0.05) is 17.3 Å². The van der Waals surface area contributed by atoms with E-state index in [1.807, 2.05) is 35.8 Å². The lowest BCUT2D eigenvalue weighted by Crippen LogP contribution is -2.14. The maximum Gasteiger partial charge on any atom is 0.387 e. The summed E-state index contributed by atoms with van der Waals surface area (Å²) < 4.78 is 36.3. The van der Waals surface area contributed by atoms with Crippen LogP contribution in [0.25, 0.3) is 16.9 Å². The van der Waals surface area contributed by atoms with E-state index in [1.165, 1.54) is 23.9 Å². The van der Waals surface area contributed by atoms with Crippen LogP contribution >= 0.6 is 11.8 Å². The number of rotatable bonds is 8. The van der Waals surface area contributed by atoms with E-state index in [1.54, 1.807) is 31.3 Å². The first kappa shape index (κ1) is 22.5. The highest BCUT2D eigenvalue weighted by molar-refractivity contribution is 7.99. The lowest BCUT2D eigenvalue weighted by Gasteiger charge is -2.13. The molecule has 1 N–H and O–H groups in total. The Morgan fingerprint density at radius 2 is 1.88 bits per heavy atom. The van der Waals surface area contributed by atoms with Crippen LogP contribution < -0.4 is 10.1 Å². The average Bonchev–Trinajstić information content (AvgIpc) is 3.39. The molecule has 4 aromatic rings. The smallest absolute Gasteiger partial charge is 0.387 e. The zero-order valence-electron chi connectivity index (χ0n) is 17.8. The van der Waals surface area contributed by atoms with Crippen LogP contribution in [0.2, 0.25) is 0 Å². The summed E-state index contributed by atoms with van der Waals surface area (Å²) in [5, 5.41) is 7.00. The molecule has 0 saturated heterocycles. The summed E-state index contributed by atoms with van der Waals surface area (Å²) in [4.78, 5) is 16.9. The van der Waals surface area contributed by atoms with Gasteiger partial charge in [0.15, 0.2) is 11.0 Å². The van der Waals surface area contributed by atoms with Crippen LogP contribution in [0.15, 0.2) is 70.5 Å². The molecule has 10 heteroatoms. The lowest BCUT2D eigenvalue weighted by atomic mass is 10.1. The third-order valence-corrected chi connectivity index (χ3v) is 5.58. The third-order valence-electron chi connectivity index (χ3n) is 4.62. The number of nitrogens with one attached hydrogen (secondary N) is 1. The van der Waals surface area contributed by atoms with Gasteiger partial charge in [-0.2, -0.15) is 8.78 Å². The Bertz CT molecular complexity index is 1240. The first-order valence-electron chi connectivity index (χ1n) is 9.95. The summed E-state index contributed by atoms with van der Waals surface area (Å²) in [6.45, 7) is 0.836. The van der Waals surface area contributed by atoms with Crippen molar-refractivity contribution in [3.05, 3.63) is 72.1 Å². The number of carbonyl (C=O) groups excluding carboxylic acids is 1. The number of carbonyl (C=O) groups is 1. The topological polar surface area (TPSA) is 82.2 Å². The van der Waals surface area contributed by atoms with E-state index in [9.17, 15) is 13.6 Å². The second kappa shape index (κ2) is 9.86. The Kier molecular flexibility index (Phi) is 6.74. The van der Waals surface area contributed by atoms with Crippen molar-refractivity contribution >= 4 is 23.5 Å². The van der Waals surface area contributed by atoms with Crippen molar-refractivity contribution in [3.63, 3.8) is 0 Å². The molecule has 2 heterocycles. The van der Waals surface area contributed by atoms with Crippen LogP contribution in [0.3, 0.4) is 0 Å². The highest BCUT2D eigenvalue weighted by Crippen LogP contribution is 2.31. The van der Waals surface area contributed by atoms with Crippen molar-refractivity contribution in [2.24, 2.45) is 0 Å². The zero-order valence-corrected chi connectivity index (χ0v) is 18.6. The predicted octanol–water partition coefficient (Wildman–Crippen LogP) is 5.48. The molecule has 4 rings (SSSR count). The summed E-state index contributed by atoms with van der Waals surface area (Å²) >= 11 is 1.24. The molecule has 7 nitrogen and oxygen atoms in total. The fourth-order valence-electron chi connectivity index (χ4n) is 3.13. The number of aryl methyl sites for hydroxylation is 2. The summed E-state index contributed by atoms with van der Waals surface area (Å²) in [6.07, 6.45) is 1.72. The van der Waals surface area contributed by atoms with Gasteiger partial charge in [-0.05, 0) is 38.1 Å². The molecule has 170 valence electrons. The van der Waals surface area contributed by atoms with E-state index >= 15 is 0 Å². The quantitative estimate of drug-likeness (QED) is 0.344. The standard InChI is InChI=1S/C23H20F2N4O3S/c1-14-3-5-16(6-4-14)19-12-26-23(33-13-21(30)27-20-11-15(2)32-28-20)29(19)17-7-9-18(10-8-17)31-22(24)25/h3-12,22H,13H2,1-2H3,(H,27,28,30). The fraction of sp³-hybridized carbons (Fsp3) is 0.174. The highest BCUT2D eigenvalue weighted by Gasteiger charge is 2.17. The Morgan fingerprint density at radius 1 is 1.15 bits per heavy atom.